The van der Waals surface area contributed by atoms with Gasteiger partial charge in [0, 0.05) is 5.56 Å². The first kappa shape index (κ1) is 14.4. The topological polar surface area (TPSA) is 66.0 Å². The van der Waals surface area contributed by atoms with Gasteiger partial charge in [0.1, 0.15) is 35.6 Å². The zero-order chi connectivity index (χ0) is 15.2. The Morgan fingerprint density at radius 3 is 2.57 bits per heavy atom. The molecule has 0 fully saturated rings. The van der Waals surface area contributed by atoms with E-state index in [1.54, 1.807) is 24.3 Å². The average Bonchev–Trinajstić information content (AvgIpc) is 2.52. The Hall–Kier alpha value is -3.05. The van der Waals surface area contributed by atoms with Crippen molar-refractivity contribution in [3.05, 3.63) is 58.9 Å². The van der Waals surface area contributed by atoms with Gasteiger partial charge in [0.2, 0.25) is 0 Å². The van der Waals surface area contributed by atoms with Crippen LogP contribution in [0.1, 0.15) is 16.7 Å². The smallest absolute Gasteiger partial charge is 0.144 e. The lowest BCUT2D eigenvalue weighted by atomic mass is 10.1. The molecule has 0 aromatic heterocycles. The van der Waals surface area contributed by atoms with Crippen LogP contribution in [-0.4, -0.2) is 7.11 Å². The summed E-state index contributed by atoms with van der Waals surface area (Å²) in [4.78, 5) is 0. The summed E-state index contributed by atoms with van der Waals surface area (Å²) in [6, 6.07) is 12.9. The molecule has 0 N–H and O–H groups in total. The minimum Gasteiger partial charge on any atom is -0.496 e. The van der Waals surface area contributed by atoms with Crippen molar-refractivity contribution in [1.29, 1.82) is 10.5 Å². The monoisotopic (exact) mass is 282 g/mol. The number of benzene rings is 2. The van der Waals surface area contributed by atoms with E-state index >= 15 is 0 Å². The molecule has 2 aromatic carbocycles. The molecule has 2 aromatic rings. The molecule has 0 unspecified atom stereocenters. The van der Waals surface area contributed by atoms with E-state index in [4.69, 9.17) is 20.0 Å². The number of nitrogens with zero attached hydrogens (tertiary/aromatic N) is 2. The van der Waals surface area contributed by atoms with E-state index in [1.165, 1.54) is 25.3 Å². The lowest BCUT2D eigenvalue weighted by Crippen LogP contribution is -2.01. The Morgan fingerprint density at radius 2 is 1.90 bits per heavy atom. The van der Waals surface area contributed by atoms with Crippen molar-refractivity contribution in [2.45, 2.75) is 6.61 Å². The van der Waals surface area contributed by atoms with Crippen molar-refractivity contribution in [3.8, 4) is 23.6 Å². The summed E-state index contributed by atoms with van der Waals surface area (Å²) in [7, 11) is 1.51. The highest BCUT2D eigenvalue weighted by atomic mass is 19.1. The highest BCUT2D eigenvalue weighted by Crippen LogP contribution is 2.25. The third-order valence-corrected chi connectivity index (χ3v) is 2.88. The first-order valence-corrected chi connectivity index (χ1v) is 6.08. The number of halogens is 1. The highest BCUT2D eigenvalue weighted by molar-refractivity contribution is 5.45. The zero-order valence-electron chi connectivity index (χ0n) is 11.3. The number of rotatable bonds is 4. The molecule has 0 heterocycles. The summed E-state index contributed by atoms with van der Waals surface area (Å²) < 4.78 is 24.1. The molecule has 104 valence electrons. The summed E-state index contributed by atoms with van der Waals surface area (Å²) >= 11 is 0. The molecule has 5 heteroatoms. The fraction of sp³-hybridized carbons (Fsp3) is 0.125. The van der Waals surface area contributed by atoms with Crippen molar-refractivity contribution in [1.82, 2.24) is 0 Å². The molecule has 0 radical (unpaired) electrons. The zero-order valence-corrected chi connectivity index (χ0v) is 11.3. The molecule has 2 rings (SSSR count). The maximum absolute atomic E-state index is 13.5. The van der Waals surface area contributed by atoms with E-state index in [-0.39, 0.29) is 17.9 Å². The molecule has 21 heavy (non-hydrogen) atoms. The highest BCUT2D eigenvalue weighted by Gasteiger charge is 2.11. The molecule has 0 aliphatic carbocycles. The van der Waals surface area contributed by atoms with Crippen LogP contribution in [0.15, 0.2) is 36.4 Å². The van der Waals surface area contributed by atoms with E-state index < -0.39 is 5.82 Å². The molecule has 0 aliphatic rings. The quantitative estimate of drug-likeness (QED) is 0.864. The van der Waals surface area contributed by atoms with Crippen LogP contribution in [0.4, 0.5) is 4.39 Å². The number of hydrogen-bond donors (Lipinski definition) is 0. The van der Waals surface area contributed by atoms with E-state index in [1.807, 2.05) is 6.07 Å². The van der Waals surface area contributed by atoms with Crippen LogP contribution in [0.3, 0.4) is 0 Å². The summed E-state index contributed by atoms with van der Waals surface area (Å²) in [5.41, 5.74) is 0.965. The fourth-order valence-corrected chi connectivity index (χ4v) is 1.85. The van der Waals surface area contributed by atoms with Crippen molar-refractivity contribution in [3.63, 3.8) is 0 Å². The SMILES string of the molecule is COc1ccc(C#N)cc1COc1cccc(F)c1C#N. The first-order chi connectivity index (χ1) is 10.2. The second kappa shape index (κ2) is 6.40. The fourth-order valence-electron chi connectivity index (χ4n) is 1.85. The molecule has 0 amide bonds. The van der Waals surface area contributed by atoms with Gasteiger partial charge in [-0.15, -0.1) is 0 Å². The van der Waals surface area contributed by atoms with Crippen molar-refractivity contribution in [2.24, 2.45) is 0 Å². The Labute approximate surface area is 121 Å². The Balaban J connectivity index is 2.27. The summed E-state index contributed by atoms with van der Waals surface area (Å²) in [5.74, 6) is 0.0820. The van der Waals surface area contributed by atoms with Crippen molar-refractivity contribution < 1.29 is 13.9 Å². The van der Waals surface area contributed by atoms with Crippen LogP contribution in [0.2, 0.25) is 0 Å². The molecule has 0 aliphatic heterocycles. The number of methoxy groups -OCH3 is 1. The number of hydrogen-bond acceptors (Lipinski definition) is 4. The summed E-state index contributed by atoms with van der Waals surface area (Å²) in [6.45, 7) is 0.0663. The van der Waals surface area contributed by atoms with Gasteiger partial charge in [-0.1, -0.05) is 6.07 Å². The second-order valence-electron chi connectivity index (χ2n) is 4.15. The second-order valence-corrected chi connectivity index (χ2v) is 4.15. The Kier molecular flexibility index (Phi) is 4.38. The third kappa shape index (κ3) is 3.10. The van der Waals surface area contributed by atoms with Crippen LogP contribution in [0.5, 0.6) is 11.5 Å². The number of nitriles is 2. The maximum atomic E-state index is 13.5. The average molecular weight is 282 g/mol. The predicted molar refractivity (Wildman–Crippen MR) is 73.2 cm³/mol. The predicted octanol–water partition coefficient (Wildman–Crippen LogP) is 3.16. The van der Waals surface area contributed by atoms with Gasteiger partial charge >= 0.3 is 0 Å². The van der Waals surface area contributed by atoms with E-state index in [0.717, 1.165) is 0 Å². The van der Waals surface area contributed by atoms with Gasteiger partial charge in [-0.2, -0.15) is 10.5 Å². The van der Waals surface area contributed by atoms with Crippen LogP contribution >= 0.6 is 0 Å². The first-order valence-electron chi connectivity index (χ1n) is 6.08. The van der Waals surface area contributed by atoms with E-state index in [2.05, 4.69) is 0 Å². The molecule has 0 saturated carbocycles. The van der Waals surface area contributed by atoms with Gasteiger partial charge in [-0.05, 0) is 30.3 Å². The van der Waals surface area contributed by atoms with E-state index in [9.17, 15) is 4.39 Å². The van der Waals surface area contributed by atoms with Crippen LogP contribution < -0.4 is 9.47 Å². The Bertz CT molecular complexity index is 745. The minimum atomic E-state index is -0.632. The molecule has 0 saturated heterocycles. The van der Waals surface area contributed by atoms with Gasteiger partial charge in [0.25, 0.3) is 0 Å². The maximum Gasteiger partial charge on any atom is 0.144 e. The molecule has 4 nitrogen and oxygen atoms in total. The van der Waals surface area contributed by atoms with Crippen molar-refractivity contribution >= 4 is 0 Å². The van der Waals surface area contributed by atoms with Crippen molar-refractivity contribution in [2.75, 3.05) is 7.11 Å². The molecule has 0 atom stereocenters. The van der Waals surface area contributed by atoms with Gasteiger partial charge in [0.15, 0.2) is 0 Å². The third-order valence-electron chi connectivity index (χ3n) is 2.88. The molecular weight excluding hydrogens is 271 g/mol. The van der Waals surface area contributed by atoms with Gasteiger partial charge in [-0.25, -0.2) is 4.39 Å². The van der Waals surface area contributed by atoms with E-state index in [0.29, 0.717) is 16.9 Å². The lowest BCUT2D eigenvalue weighted by molar-refractivity contribution is 0.294. The number of ether oxygens (including phenoxy) is 2. The van der Waals surface area contributed by atoms with Crippen LogP contribution in [0, 0.1) is 28.5 Å². The van der Waals surface area contributed by atoms with Crippen LogP contribution in [0.25, 0.3) is 0 Å². The molecular formula is C16H11FN2O2. The van der Waals surface area contributed by atoms with Gasteiger partial charge < -0.3 is 9.47 Å². The Morgan fingerprint density at radius 1 is 1.10 bits per heavy atom. The summed E-state index contributed by atoms with van der Waals surface area (Å²) in [6.07, 6.45) is 0. The minimum absolute atomic E-state index is 0.0663. The largest absolute Gasteiger partial charge is 0.496 e. The molecule has 0 spiro atoms. The van der Waals surface area contributed by atoms with Gasteiger partial charge in [-0.3, -0.25) is 0 Å². The normalized spacial score (nSPS) is 9.52. The standard InChI is InChI=1S/C16H11FN2O2/c1-20-15-6-5-11(8-18)7-12(15)10-21-16-4-2-3-14(17)13(16)9-19/h2-7H,10H2,1H3. The lowest BCUT2D eigenvalue weighted by Gasteiger charge is -2.11. The summed E-state index contributed by atoms with van der Waals surface area (Å²) in [5, 5.41) is 17.8. The molecule has 0 bridgehead atoms. The van der Waals surface area contributed by atoms with Crippen LogP contribution in [-0.2, 0) is 6.61 Å². The van der Waals surface area contributed by atoms with Gasteiger partial charge in [0.05, 0.1) is 18.7 Å².